The van der Waals surface area contributed by atoms with Gasteiger partial charge >= 0.3 is 12.1 Å². The number of nitrogens with one attached hydrogen (secondary N) is 1. The topological polar surface area (TPSA) is 95.5 Å². The third kappa shape index (κ3) is 4.58. The fraction of sp³-hybridized carbons (Fsp3) is 0.423. The Morgan fingerprint density at radius 3 is 2.61 bits per heavy atom. The number of aromatic nitrogens is 2. The number of hydrogen-bond donors (Lipinski definition) is 2. The Kier molecular flexibility index (Phi) is 6.15. The second-order valence-corrected chi connectivity index (χ2v) is 9.64. The van der Waals surface area contributed by atoms with Crippen molar-refractivity contribution >= 4 is 23.0 Å². The Morgan fingerprint density at radius 1 is 1.21 bits per heavy atom. The van der Waals surface area contributed by atoms with Crippen molar-refractivity contribution in [1.82, 2.24) is 14.9 Å². The molecule has 2 N–H and O–H groups in total. The summed E-state index contributed by atoms with van der Waals surface area (Å²) in [7, 11) is 0. The molecule has 2 atom stereocenters. The van der Waals surface area contributed by atoms with Crippen LogP contribution in [0.2, 0.25) is 0 Å². The molecule has 2 aromatic heterocycles. The van der Waals surface area contributed by atoms with E-state index in [1.807, 2.05) is 43.9 Å². The first-order valence-electron chi connectivity index (χ1n) is 11.5. The van der Waals surface area contributed by atoms with Crippen molar-refractivity contribution in [2.24, 2.45) is 0 Å². The summed E-state index contributed by atoms with van der Waals surface area (Å²) >= 11 is 0. The smallest absolute Gasteiger partial charge is 0.411 e. The Balaban J connectivity index is 1.89. The van der Waals surface area contributed by atoms with Crippen molar-refractivity contribution < 1.29 is 19.4 Å². The number of carbonyl (C=O) groups excluding carboxylic acids is 1. The van der Waals surface area contributed by atoms with E-state index in [9.17, 15) is 14.7 Å². The number of aromatic amines is 1. The normalized spacial score (nSPS) is 18.2. The van der Waals surface area contributed by atoms with E-state index >= 15 is 0 Å². The molecular formula is C26H31N3O4. The molecule has 0 saturated heterocycles. The molecule has 7 heteroatoms. The van der Waals surface area contributed by atoms with Gasteiger partial charge in [-0.1, -0.05) is 44.0 Å². The van der Waals surface area contributed by atoms with Crippen LogP contribution in [0.25, 0.3) is 10.9 Å². The molecule has 0 radical (unpaired) electrons. The third-order valence-electron chi connectivity index (χ3n) is 6.05. The Bertz CT molecular complexity index is 1160. The van der Waals surface area contributed by atoms with Crippen molar-refractivity contribution in [2.45, 2.75) is 71.1 Å². The fourth-order valence-corrected chi connectivity index (χ4v) is 4.63. The Morgan fingerprint density at radius 2 is 1.97 bits per heavy atom. The van der Waals surface area contributed by atoms with E-state index in [0.29, 0.717) is 0 Å². The number of hydrogen-bond acceptors (Lipinski definition) is 4. The van der Waals surface area contributed by atoms with Gasteiger partial charge in [0.25, 0.3) is 0 Å². The average Bonchev–Trinajstić information content (AvgIpc) is 3.13. The van der Waals surface area contributed by atoms with Gasteiger partial charge in [0.1, 0.15) is 17.3 Å². The highest BCUT2D eigenvalue weighted by Gasteiger charge is 2.42. The molecule has 0 aliphatic carbocycles. The van der Waals surface area contributed by atoms with Crippen LogP contribution < -0.4 is 0 Å². The predicted octanol–water partition coefficient (Wildman–Crippen LogP) is 5.70. The summed E-state index contributed by atoms with van der Waals surface area (Å²) in [6.07, 6.45) is 4.79. The summed E-state index contributed by atoms with van der Waals surface area (Å²) in [5.41, 5.74) is 3.22. The Labute approximate surface area is 193 Å². The summed E-state index contributed by atoms with van der Waals surface area (Å²) < 4.78 is 5.85. The van der Waals surface area contributed by atoms with Gasteiger partial charge in [0, 0.05) is 28.8 Å². The van der Waals surface area contributed by atoms with E-state index in [1.54, 1.807) is 12.3 Å². The maximum atomic E-state index is 13.5. The molecule has 0 bridgehead atoms. The number of para-hydroxylation sites is 1. The number of ether oxygens (including phenoxy) is 1. The maximum Gasteiger partial charge on any atom is 0.411 e. The predicted molar refractivity (Wildman–Crippen MR) is 126 cm³/mol. The van der Waals surface area contributed by atoms with E-state index in [0.717, 1.165) is 47.8 Å². The van der Waals surface area contributed by atoms with Crippen LogP contribution in [0.3, 0.4) is 0 Å². The van der Waals surface area contributed by atoms with Gasteiger partial charge in [-0.25, -0.2) is 14.6 Å². The highest BCUT2D eigenvalue weighted by molar-refractivity contribution is 5.87. The number of carbonyl (C=O) groups is 2. The minimum atomic E-state index is -1.08. The van der Waals surface area contributed by atoms with Crippen LogP contribution in [-0.4, -0.2) is 43.7 Å². The fourth-order valence-electron chi connectivity index (χ4n) is 4.63. The average molecular weight is 450 g/mol. The van der Waals surface area contributed by atoms with E-state index in [2.05, 4.69) is 23.0 Å². The minimum absolute atomic E-state index is 0.0298. The SMILES string of the molecule is CCCC[C@H]1Cc2c([nH]c3ccccc23)[C@H](c2ccc(C(=O)O)nc2)N1C(=O)OC(C)(C)C. The van der Waals surface area contributed by atoms with E-state index < -0.39 is 17.6 Å². The van der Waals surface area contributed by atoms with Gasteiger partial charge in [0.15, 0.2) is 0 Å². The zero-order valence-electron chi connectivity index (χ0n) is 19.6. The van der Waals surface area contributed by atoms with Crippen LogP contribution in [0.4, 0.5) is 4.79 Å². The van der Waals surface area contributed by atoms with Crippen molar-refractivity contribution in [1.29, 1.82) is 0 Å². The number of unbranched alkanes of at least 4 members (excludes halogenated alkanes) is 1. The lowest BCUT2D eigenvalue weighted by Crippen LogP contribution is -2.49. The zero-order chi connectivity index (χ0) is 23.8. The van der Waals surface area contributed by atoms with Crippen LogP contribution in [0, 0.1) is 0 Å². The lowest BCUT2D eigenvalue weighted by molar-refractivity contribution is 0.00430. The van der Waals surface area contributed by atoms with E-state index in [4.69, 9.17) is 4.74 Å². The summed E-state index contributed by atoms with van der Waals surface area (Å²) in [5.74, 6) is -1.08. The number of nitrogens with zero attached hydrogens (tertiary/aromatic N) is 2. The highest BCUT2D eigenvalue weighted by atomic mass is 16.6. The van der Waals surface area contributed by atoms with Gasteiger partial charge in [0.2, 0.25) is 0 Å². The number of carboxylic acid groups (broad SMARTS) is 1. The number of carboxylic acids is 1. The van der Waals surface area contributed by atoms with E-state index in [1.165, 1.54) is 11.6 Å². The van der Waals surface area contributed by atoms with Gasteiger partial charge in [-0.15, -0.1) is 0 Å². The first-order chi connectivity index (χ1) is 15.7. The molecule has 1 aliphatic rings. The minimum Gasteiger partial charge on any atom is -0.477 e. The maximum absolute atomic E-state index is 13.5. The Hall–Kier alpha value is -3.35. The highest BCUT2D eigenvalue weighted by Crippen LogP contribution is 2.42. The molecule has 1 aliphatic heterocycles. The second kappa shape index (κ2) is 8.89. The van der Waals surface area contributed by atoms with Crippen molar-refractivity contribution in [3.05, 3.63) is 65.1 Å². The summed E-state index contributed by atoms with van der Waals surface area (Å²) in [6, 6.07) is 10.9. The molecule has 1 aromatic carbocycles. The number of H-pyrrole nitrogens is 1. The molecule has 174 valence electrons. The molecule has 1 amide bonds. The van der Waals surface area contributed by atoms with Crippen LogP contribution in [-0.2, 0) is 11.2 Å². The first-order valence-corrected chi connectivity index (χ1v) is 11.5. The second-order valence-electron chi connectivity index (χ2n) is 9.64. The number of pyridine rings is 1. The van der Waals surface area contributed by atoms with Crippen molar-refractivity contribution in [3.63, 3.8) is 0 Å². The van der Waals surface area contributed by atoms with Crippen LogP contribution in [0.5, 0.6) is 0 Å². The standard InChI is InChI=1S/C26H31N3O4/c1-5-6-9-17-14-19-18-10-7-8-11-20(18)28-22(19)23(29(17)25(32)33-26(2,3)4)16-12-13-21(24(30)31)27-15-16/h7-8,10-13,15,17,23,28H,5-6,9,14H2,1-4H3,(H,30,31)/t17-,23-/m0/s1. The van der Waals surface area contributed by atoms with Crippen LogP contribution >= 0.6 is 0 Å². The monoisotopic (exact) mass is 449 g/mol. The first kappa shape index (κ1) is 22.8. The molecule has 0 saturated carbocycles. The summed E-state index contributed by atoms with van der Waals surface area (Å²) in [6.45, 7) is 7.73. The molecule has 0 spiro atoms. The van der Waals surface area contributed by atoms with Crippen molar-refractivity contribution in [3.8, 4) is 0 Å². The largest absolute Gasteiger partial charge is 0.477 e. The quantitative estimate of drug-likeness (QED) is 0.521. The molecule has 33 heavy (non-hydrogen) atoms. The molecule has 7 nitrogen and oxygen atoms in total. The number of benzene rings is 1. The van der Waals surface area contributed by atoms with Crippen LogP contribution in [0.1, 0.15) is 80.3 Å². The molecule has 0 unspecified atom stereocenters. The zero-order valence-corrected chi connectivity index (χ0v) is 19.6. The van der Waals surface area contributed by atoms with Crippen molar-refractivity contribution in [2.75, 3.05) is 0 Å². The summed E-state index contributed by atoms with van der Waals surface area (Å²) in [5, 5.41) is 10.4. The molecule has 3 heterocycles. The summed E-state index contributed by atoms with van der Waals surface area (Å²) in [4.78, 5) is 34.4. The van der Waals surface area contributed by atoms with E-state index in [-0.39, 0.29) is 17.8 Å². The number of fused-ring (bicyclic) bond motifs is 3. The molecular weight excluding hydrogens is 418 g/mol. The molecule has 0 fully saturated rings. The van der Waals surface area contributed by atoms with Gasteiger partial charge in [0.05, 0.1) is 0 Å². The number of aromatic carboxylic acids is 1. The number of amides is 1. The van der Waals surface area contributed by atoms with Crippen LogP contribution in [0.15, 0.2) is 42.6 Å². The lowest BCUT2D eigenvalue weighted by atomic mass is 9.87. The third-order valence-corrected chi connectivity index (χ3v) is 6.05. The molecule has 4 rings (SSSR count). The lowest BCUT2D eigenvalue weighted by Gasteiger charge is -2.42. The van der Waals surface area contributed by atoms with Gasteiger partial charge in [-0.3, -0.25) is 4.90 Å². The van der Waals surface area contributed by atoms with Gasteiger partial charge < -0.3 is 14.8 Å². The molecule has 3 aromatic rings. The number of rotatable bonds is 5. The van der Waals surface area contributed by atoms with Gasteiger partial charge in [-0.05, 0) is 56.9 Å². The van der Waals surface area contributed by atoms with Gasteiger partial charge in [-0.2, -0.15) is 0 Å².